The fourth-order valence-corrected chi connectivity index (χ4v) is 5.32. The zero-order chi connectivity index (χ0) is 23.2. The summed E-state index contributed by atoms with van der Waals surface area (Å²) in [5.74, 6) is 0.502. The smallest absolute Gasteiger partial charge is 0.176 e. The number of Topliss-reactive ketones (excluding diaryl/α,β-unsaturated/α-hetero) is 1. The van der Waals surface area contributed by atoms with Crippen molar-refractivity contribution in [3.8, 4) is 5.75 Å². The molecule has 2 heterocycles. The van der Waals surface area contributed by atoms with Crippen LogP contribution in [-0.2, 0) is 0 Å². The number of carbonyl (C=O) groups excluding carboxylic acids is 1. The van der Waals surface area contributed by atoms with E-state index >= 15 is 0 Å². The molecule has 0 radical (unpaired) electrons. The third-order valence-corrected chi connectivity index (χ3v) is 7.27. The Labute approximate surface area is 207 Å². The molecule has 1 atom stereocenters. The highest BCUT2D eigenvalue weighted by Gasteiger charge is 2.22. The summed E-state index contributed by atoms with van der Waals surface area (Å²) >= 11 is 12.9. The van der Waals surface area contributed by atoms with Crippen LogP contribution in [0.2, 0.25) is 10.0 Å². The van der Waals surface area contributed by atoms with Gasteiger partial charge in [-0.05, 0) is 57.0 Å². The molecule has 0 saturated carbocycles. The lowest BCUT2D eigenvalue weighted by Crippen LogP contribution is -2.48. The van der Waals surface area contributed by atoms with Gasteiger partial charge in [-0.2, -0.15) is 0 Å². The molecule has 178 valence electrons. The van der Waals surface area contributed by atoms with Gasteiger partial charge in [0, 0.05) is 50.0 Å². The minimum absolute atomic E-state index is 0.0292. The van der Waals surface area contributed by atoms with E-state index in [0.29, 0.717) is 40.6 Å². The third-order valence-electron chi connectivity index (χ3n) is 6.71. The van der Waals surface area contributed by atoms with Crippen LogP contribution in [0.15, 0.2) is 42.5 Å². The highest BCUT2D eigenvalue weighted by Crippen LogP contribution is 2.34. The summed E-state index contributed by atoms with van der Waals surface area (Å²) in [6.07, 6.45) is 3.47. The van der Waals surface area contributed by atoms with E-state index in [1.807, 2.05) is 6.07 Å². The average Bonchev–Trinajstić information content (AvgIpc) is 3.23. The van der Waals surface area contributed by atoms with Crippen molar-refractivity contribution < 1.29 is 9.53 Å². The Hall–Kier alpha value is -1.79. The van der Waals surface area contributed by atoms with Gasteiger partial charge in [-0.1, -0.05) is 41.4 Å². The highest BCUT2D eigenvalue weighted by molar-refractivity contribution is 6.37. The predicted octanol–water partition coefficient (Wildman–Crippen LogP) is 5.25. The van der Waals surface area contributed by atoms with Crippen LogP contribution in [0.4, 0.5) is 5.69 Å². The van der Waals surface area contributed by atoms with Gasteiger partial charge in [0.25, 0.3) is 0 Å². The van der Waals surface area contributed by atoms with Gasteiger partial charge in [-0.25, -0.2) is 0 Å². The molecule has 0 amide bonds. The number of carbonyl (C=O) groups is 1. The second-order valence-corrected chi connectivity index (χ2v) is 9.83. The number of nitrogens with zero attached hydrogens (tertiary/aromatic N) is 3. The van der Waals surface area contributed by atoms with Gasteiger partial charge < -0.3 is 14.5 Å². The zero-order valence-corrected chi connectivity index (χ0v) is 20.8. The van der Waals surface area contributed by atoms with Gasteiger partial charge in [0.15, 0.2) is 11.5 Å². The van der Waals surface area contributed by atoms with Gasteiger partial charge >= 0.3 is 0 Å². The van der Waals surface area contributed by atoms with Crippen molar-refractivity contribution in [1.29, 1.82) is 0 Å². The average molecular weight is 490 g/mol. The van der Waals surface area contributed by atoms with Crippen LogP contribution < -0.4 is 9.64 Å². The van der Waals surface area contributed by atoms with E-state index in [0.717, 1.165) is 39.1 Å². The molecule has 33 heavy (non-hydrogen) atoms. The summed E-state index contributed by atoms with van der Waals surface area (Å²) in [6, 6.07) is 14.4. The Morgan fingerprint density at radius 2 is 1.73 bits per heavy atom. The number of likely N-dealkylation sites (tertiary alicyclic amines) is 1. The van der Waals surface area contributed by atoms with Gasteiger partial charge in [-0.15, -0.1) is 0 Å². The molecule has 4 rings (SSSR count). The summed E-state index contributed by atoms with van der Waals surface area (Å²) in [6.45, 7) is 8.89. The maximum Gasteiger partial charge on any atom is 0.176 e. The van der Waals surface area contributed by atoms with Gasteiger partial charge in [0.05, 0.1) is 23.2 Å². The SMILES string of the molecule is CC1CCCN1CCCOc1c(Cl)cc(C(=O)CN2CCN(c3ccccc3)CC2)cc1Cl. The number of halogens is 2. The number of anilines is 1. The van der Waals surface area contributed by atoms with Crippen LogP contribution in [0.1, 0.15) is 36.5 Å². The Kier molecular flexibility index (Phi) is 8.53. The highest BCUT2D eigenvalue weighted by atomic mass is 35.5. The Morgan fingerprint density at radius 3 is 2.36 bits per heavy atom. The van der Waals surface area contributed by atoms with Crippen molar-refractivity contribution in [2.24, 2.45) is 0 Å². The molecular formula is C26H33Cl2N3O2. The van der Waals surface area contributed by atoms with Crippen LogP contribution in [0.3, 0.4) is 0 Å². The maximum absolute atomic E-state index is 12.9. The predicted molar refractivity (Wildman–Crippen MR) is 136 cm³/mol. The van der Waals surface area contributed by atoms with Crippen molar-refractivity contribution in [2.75, 3.05) is 57.3 Å². The Morgan fingerprint density at radius 1 is 1.03 bits per heavy atom. The van der Waals surface area contributed by atoms with Gasteiger partial charge in [0.2, 0.25) is 0 Å². The monoisotopic (exact) mass is 489 g/mol. The fourth-order valence-electron chi connectivity index (χ4n) is 4.72. The van der Waals surface area contributed by atoms with Crippen LogP contribution in [-0.4, -0.2) is 74.0 Å². The van der Waals surface area contributed by atoms with E-state index in [-0.39, 0.29) is 5.78 Å². The summed E-state index contributed by atoms with van der Waals surface area (Å²) in [4.78, 5) is 19.9. The topological polar surface area (TPSA) is 36.0 Å². The molecule has 0 spiro atoms. The molecule has 2 fully saturated rings. The number of hydrogen-bond donors (Lipinski definition) is 0. The van der Waals surface area contributed by atoms with Crippen LogP contribution >= 0.6 is 23.2 Å². The quantitative estimate of drug-likeness (QED) is 0.355. The minimum Gasteiger partial charge on any atom is -0.490 e. The first-order valence-corrected chi connectivity index (χ1v) is 12.7. The molecule has 2 aromatic rings. The molecule has 1 unspecified atom stereocenters. The molecule has 0 bridgehead atoms. The molecule has 5 nitrogen and oxygen atoms in total. The molecule has 0 N–H and O–H groups in total. The lowest BCUT2D eigenvalue weighted by molar-refractivity contribution is 0.0926. The lowest BCUT2D eigenvalue weighted by Gasteiger charge is -2.35. The second kappa shape index (κ2) is 11.6. The number of ketones is 1. The van der Waals surface area contributed by atoms with Gasteiger partial charge in [0.1, 0.15) is 0 Å². The third kappa shape index (κ3) is 6.42. The van der Waals surface area contributed by atoms with E-state index in [1.165, 1.54) is 25.1 Å². The molecule has 2 aromatic carbocycles. The summed E-state index contributed by atoms with van der Waals surface area (Å²) in [5.41, 5.74) is 1.77. The molecule has 0 aliphatic carbocycles. The standard InChI is InChI=1S/C26H33Cl2N3O2/c1-20-7-5-10-30(20)11-6-16-33-26-23(27)17-21(18-24(26)28)25(32)19-29-12-14-31(15-13-29)22-8-3-2-4-9-22/h2-4,8-9,17-18,20H,5-7,10-16,19H2,1H3. The van der Waals surface area contributed by atoms with E-state index < -0.39 is 0 Å². The van der Waals surface area contributed by atoms with Gasteiger partial charge in [-0.3, -0.25) is 9.69 Å². The first kappa shape index (κ1) is 24.3. The van der Waals surface area contributed by atoms with Crippen LogP contribution in [0, 0.1) is 0 Å². The zero-order valence-electron chi connectivity index (χ0n) is 19.3. The first-order valence-electron chi connectivity index (χ1n) is 11.9. The number of piperazine rings is 1. The molecule has 2 aliphatic heterocycles. The molecule has 0 aromatic heterocycles. The van der Waals surface area contributed by atoms with Crippen LogP contribution in [0.5, 0.6) is 5.75 Å². The lowest BCUT2D eigenvalue weighted by atomic mass is 10.1. The normalized spacial score (nSPS) is 19.7. The number of rotatable bonds is 9. The summed E-state index contributed by atoms with van der Waals surface area (Å²) < 4.78 is 5.88. The van der Waals surface area contributed by atoms with E-state index in [4.69, 9.17) is 27.9 Å². The largest absolute Gasteiger partial charge is 0.490 e. The summed E-state index contributed by atoms with van der Waals surface area (Å²) in [5, 5.41) is 0.795. The van der Waals surface area contributed by atoms with Crippen molar-refractivity contribution in [1.82, 2.24) is 9.80 Å². The number of hydrogen-bond acceptors (Lipinski definition) is 5. The Bertz CT molecular complexity index is 909. The van der Waals surface area contributed by atoms with Crippen molar-refractivity contribution in [2.45, 2.75) is 32.2 Å². The van der Waals surface area contributed by atoms with E-state index in [9.17, 15) is 4.79 Å². The number of para-hydroxylation sites is 1. The van der Waals surface area contributed by atoms with Crippen LogP contribution in [0.25, 0.3) is 0 Å². The molecule has 2 saturated heterocycles. The van der Waals surface area contributed by atoms with Crippen molar-refractivity contribution in [3.05, 3.63) is 58.1 Å². The van der Waals surface area contributed by atoms with Crippen molar-refractivity contribution >= 4 is 34.7 Å². The number of benzene rings is 2. The van der Waals surface area contributed by atoms with Crippen molar-refractivity contribution in [3.63, 3.8) is 0 Å². The fraction of sp³-hybridized carbons (Fsp3) is 0.500. The Balaban J connectivity index is 1.26. The first-order chi connectivity index (χ1) is 16.0. The second-order valence-electron chi connectivity index (χ2n) is 9.02. The van der Waals surface area contributed by atoms with E-state index in [2.05, 4.69) is 45.9 Å². The summed E-state index contributed by atoms with van der Waals surface area (Å²) in [7, 11) is 0. The molecular weight excluding hydrogens is 457 g/mol. The minimum atomic E-state index is 0.0292. The molecule has 2 aliphatic rings. The number of ether oxygens (including phenoxy) is 1. The van der Waals surface area contributed by atoms with E-state index in [1.54, 1.807) is 12.1 Å². The maximum atomic E-state index is 12.9. The molecule has 7 heteroatoms.